The highest BCUT2D eigenvalue weighted by atomic mass is 16.5. The Bertz CT molecular complexity index is 2460. The van der Waals surface area contributed by atoms with Crippen LogP contribution < -0.4 is 23.8 Å². The maximum absolute atomic E-state index is 11.4. The smallest absolute Gasteiger partial charge is 0.308 e. The summed E-state index contributed by atoms with van der Waals surface area (Å²) in [6.07, 6.45) is 4.10. The molecule has 0 fully saturated rings. The molecule has 0 saturated heterocycles. The molecule has 7 aromatic carbocycles. The number of aryl methyl sites for hydroxylation is 4. The normalized spacial score (nSPS) is 10.8. The monoisotopic (exact) mass is 809 g/mol. The summed E-state index contributed by atoms with van der Waals surface area (Å²) in [5.74, 6) is 2.15. The zero-order valence-corrected chi connectivity index (χ0v) is 35.6. The van der Waals surface area contributed by atoms with E-state index in [9.17, 15) is 9.59 Å². The Labute approximate surface area is 359 Å². The van der Waals surface area contributed by atoms with E-state index in [0.29, 0.717) is 11.5 Å². The maximum Gasteiger partial charge on any atom is 0.308 e. The molecule has 0 bridgehead atoms. The number of ether oxygens (including phenoxy) is 4. The molecule has 0 radical (unpaired) electrons. The summed E-state index contributed by atoms with van der Waals surface area (Å²) in [7, 11) is 3.33. The van der Waals surface area contributed by atoms with Gasteiger partial charge >= 0.3 is 11.9 Å². The van der Waals surface area contributed by atoms with Crippen molar-refractivity contribution < 1.29 is 28.5 Å². The third kappa shape index (κ3) is 12.6. The Morgan fingerprint density at radius 3 is 1.13 bits per heavy atom. The summed E-state index contributed by atoms with van der Waals surface area (Å²) in [4.78, 5) is 24.5. The fraction of sp³-hybridized carbons (Fsp3) is 0.148. The van der Waals surface area contributed by atoms with Crippen molar-refractivity contribution in [3.63, 3.8) is 0 Å². The van der Waals surface area contributed by atoms with E-state index in [0.717, 1.165) is 63.7 Å². The van der Waals surface area contributed by atoms with Gasteiger partial charge in [0.1, 0.15) is 23.0 Å². The molecule has 308 valence electrons. The van der Waals surface area contributed by atoms with Gasteiger partial charge in [-0.3, -0.25) is 9.59 Å². The summed E-state index contributed by atoms with van der Waals surface area (Å²) in [5, 5.41) is 0. The predicted molar refractivity (Wildman–Crippen MR) is 246 cm³/mol. The van der Waals surface area contributed by atoms with Crippen molar-refractivity contribution >= 4 is 40.6 Å². The first-order valence-electron chi connectivity index (χ1n) is 20.2. The molecular formula is C54H51NO6. The average Bonchev–Trinajstić information content (AvgIpc) is 3.27. The number of carbonyl (C=O) groups is 2. The molecular weight excluding hydrogens is 759 g/mol. The number of carbonyl (C=O) groups excluding carboxylic acids is 2. The van der Waals surface area contributed by atoms with E-state index in [1.165, 1.54) is 36.1 Å². The molecule has 0 aliphatic heterocycles. The highest BCUT2D eigenvalue weighted by Gasteiger charge is 2.13. The summed E-state index contributed by atoms with van der Waals surface area (Å²) >= 11 is 0. The molecule has 0 atom stereocenters. The zero-order valence-electron chi connectivity index (χ0n) is 35.6. The fourth-order valence-electron chi connectivity index (χ4n) is 6.66. The first-order valence-corrected chi connectivity index (χ1v) is 20.2. The fourth-order valence-corrected chi connectivity index (χ4v) is 6.66. The van der Waals surface area contributed by atoms with Crippen LogP contribution in [0.1, 0.15) is 52.8 Å². The van der Waals surface area contributed by atoms with E-state index in [1.807, 2.05) is 72.8 Å². The zero-order chi connectivity index (χ0) is 43.1. The van der Waals surface area contributed by atoms with E-state index < -0.39 is 0 Å². The van der Waals surface area contributed by atoms with Crippen LogP contribution in [0.15, 0.2) is 170 Å². The van der Waals surface area contributed by atoms with Gasteiger partial charge < -0.3 is 23.8 Å². The third-order valence-electron chi connectivity index (χ3n) is 9.92. The van der Waals surface area contributed by atoms with E-state index in [-0.39, 0.29) is 11.9 Å². The first-order chi connectivity index (χ1) is 29.6. The highest BCUT2D eigenvalue weighted by Crippen LogP contribution is 2.36. The Balaban J connectivity index is 0.000000260. The van der Waals surface area contributed by atoms with Crippen molar-refractivity contribution in [1.82, 2.24) is 0 Å². The lowest BCUT2D eigenvalue weighted by Crippen LogP contribution is -2.09. The van der Waals surface area contributed by atoms with Crippen LogP contribution in [0.25, 0.3) is 11.6 Å². The molecule has 0 heterocycles. The third-order valence-corrected chi connectivity index (χ3v) is 9.92. The number of hydrogen-bond acceptors (Lipinski definition) is 7. The van der Waals surface area contributed by atoms with Crippen LogP contribution in [-0.4, -0.2) is 26.2 Å². The van der Waals surface area contributed by atoms with Gasteiger partial charge in [-0.1, -0.05) is 96.1 Å². The highest BCUT2D eigenvalue weighted by molar-refractivity contribution is 5.92. The van der Waals surface area contributed by atoms with Crippen LogP contribution >= 0.6 is 0 Å². The minimum atomic E-state index is -0.339. The van der Waals surface area contributed by atoms with Gasteiger partial charge in [-0.15, -0.1) is 0 Å². The maximum atomic E-state index is 11.4. The lowest BCUT2D eigenvalue weighted by molar-refractivity contribution is -0.132. The van der Waals surface area contributed by atoms with Crippen molar-refractivity contribution in [3.05, 3.63) is 209 Å². The van der Waals surface area contributed by atoms with Gasteiger partial charge in [0.25, 0.3) is 0 Å². The molecule has 0 amide bonds. The quantitative estimate of drug-likeness (QED) is 0.0652. The van der Waals surface area contributed by atoms with Crippen LogP contribution in [-0.2, 0) is 22.4 Å². The number of nitrogens with zero attached hydrogens (tertiary/aromatic N) is 1. The van der Waals surface area contributed by atoms with Gasteiger partial charge in [0.2, 0.25) is 0 Å². The number of methoxy groups -OCH3 is 2. The minimum Gasteiger partial charge on any atom is -0.497 e. The van der Waals surface area contributed by atoms with Crippen molar-refractivity contribution in [2.24, 2.45) is 0 Å². The number of anilines is 3. The van der Waals surface area contributed by atoms with E-state index in [2.05, 4.69) is 122 Å². The van der Waals surface area contributed by atoms with Crippen molar-refractivity contribution in [1.29, 1.82) is 0 Å². The molecule has 0 aliphatic rings. The van der Waals surface area contributed by atoms with Gasteiger partial charge in [0, 0.05) is 30.9 Å². The van der Waals surface area contributed by atoms with Crippen LogP contribution in [0.5, 0.6) is 23.0 Å². The molecule has 7 heteroatoms. The predicted octanol–water partition coefficient (Wildman–Crippen LogP) is 12.7. The molecule has 7 nitrogen and oxygen atoms in total. The summed E-state index contributed by atoms with van der Waals surface area (Å²) in [6, 6.07) is 57.1. The largest absolute Gasteiger partial charge is 0.497 e. The van der Waals surface area contributed by atoms with E-state index >= 15 is 0 Å². The lowest BCUT2D eigenvalue weighted by Gasteiger charge is -2.26. The Morgan fingerprint density at radius 1 is 0.443 bits per heavy atom. The van der Waals surface area contributed by atoms with Gasteiger partial charge in [-0.05, 0) is 151 Å². The van der Waals surface area contributed by atoms with E-state index in [4.69, 9.17) is 18.9 Å². The second-order valence-corrected chi connectivity index (χ2v) is 14.6. The van der Waals surface area contributed by atoms with Gasteiger partial charge in [0.15, 0.2) is 0 Å². The minimum absolute atomic E-state index is 0.295. The Morgan fingerprint density at radius 2 is 0.770 bits per heavy atom. The van der Waals surface area contributed by atoms with E-state index in [1.54, 1.807) is 14.2 Å². The summed E-state index contributed by atoms with van der Waals surface area (Å²) < 4.78 is 20.8. The summed E-state index contributed by atoms with van der Waals surface area (Å²) in [5.41, 5.74) is 12.4. The molecule has 61 heavy (non-hydrogen) atoms. The lowest BCUT2D eigenvalue weighted by atomic mass is 9.95. The van der Waals surface area contributed by atoms with Crippen LogP contribution in [0.2, 0.25) is 0 Å². The number of rotatable bonds is 13. The Kier molecular flexibility index (Phi) is 14.9. The van der Waals surface area contributed by atoms with Gasteiger partial charge in [-0.2, -0.15) is 0 Å². The van der Waals surface area contributed by atoms with Crippen LogP contribution in [0, 0.1) is 13.8 Å². The second kappa shape index (κ2) is 21.0. The second-order valence-electron chi connectivity index (χ2n) is 14.6. The molecule has 0 spiro atoms. The molecule has 0 aromatic heterocycles. The standard InChI is InChI=1S/C37H33NO3.C17H18O3/c1-26-5-15-32(16-6-26)38(33-17-7-27(2)8-18-33)34-19-9-29(10-20-34)25-37(30-11-21-35(40-4)22-12-30)31-13-23-36(24-14-31)41-28(3)39;1-13(18)20-17-11-7-15(8-12-17)4-3-14-5-9-16(19-2)10-6-14/h5-25H,1-4H3;5-12H,3-4H2,1-2H3. The van der Waals surface area contributed by atoms with Crippen molar-refractivity contribution in [2.45, 2.75) is 40.5 Å². The topological polar surface area (TPSA) is 74.3 Å². The summed E-state index contributed by atoms with van der Waals surface area (Å²) in [6.45, 7) is 7.01. The number of benzene rings is 7. The van der Waals surface area contributed by atoms with Gasteiger partial charge in [-0.25, -0.2) is 0 Å². The molecule has 0 unspecified atom stereocenters. The molecule has 0 N–H and O–H groups in total. The molecule has 7 rings (SSSR count). The number of hydrogen-bond donors (Lipinski definition) is 0. The van der Waals surface area contributed by atoms with Crippen molar-refractivity contribution in [3.8, 4) is 23.0 Å². The van der Waals surface area contributed by atoms with Crippen LogP contribution in [0.4, 0.5) is 17.1 Å². The average molecular weight is 810 g/mol. The molecule has 0 aliphatic carbocycles. The van der Waals surface area contributed by atoms with Crippen molar-refractivity contribution in [2.75, 3.05) is 19.1 Å². The number of esters is 2. The molecule has 0 saturated carbocycles. The Hall–Kier alpha value is -7.38. The first kappa shape index (κ1) is 43.2. The van der Waals surface area contributed by atoms with Crippen LogP contribution in [0.3, 0.4) is 0 Å². The van der Waals surface area contributed by atoms with Gasteiger partial charge in [0.05, 0.1) is 14.2 Å². The molecule has 7 aromatic rings. The SMILES string of the molecule is COc1ccc(C(=Cc2ccc(N(c3ccc(C)cc3)c3ccc(C)cc3)cc2)c2ccc(OC(C)=O)cc2)cc1.COc1ccc(CCc2ccc(OC(C)=O)cc2)cc1.